The Bertz CT molecular complexity index is 915. The molecule has 0 atom stereocenters. The molecule has 2 rings (SSSR count). The van der Waals surface area contributed by atoms with Crippen LogP contribution in [0.1, 0.15) is 42.9 Å². The fourth-order valence-electron chi connectivity index (χ4n) is 3.13. The standard InChI is InChI=1S/C26H33N3O2/c1-20(13-15-27)23-8-11-26(12-9-23)31-19-22-6-4-5-21(17-22)7-10-25(30)18-24(28)14-16-29(2)3/h4-6,8-9,11-13,15,17,27-28H,7,10,14,16,18-19H2,1-3H3/b20-13+,27-15?,28-24?. The van der Waals surface area contributed by atoms with Gasteiger partial charge in [0.25, 0.3) is 0 Å². The molecule has 164 valence electrons. The summed E-state index contributed by atoms with van der Waals surface area (Å²) in [5.41, 5.74) is 4.79. The maximum Gasteiger partial charge on any atom is 0.138 e. The summed E-state index contributed by atoms with van der Waals surface area (Å²) in [5.74, 6) is 0.918. The van der Waals surface area contributed by atoms with Crippen LogP contribution < -0.4 is 4.74 Å². The predicted molar refractivity (Wildman–Crippen MR) is 128 cm³/mol. The van der Waals surface area contributed by atoms with E-state index in [0.29, 0.717) is 31.6 Å². The minimum atomic E-state index is 0.123. The van der Waals surface area contributed by atoms with E-state index in [0.717, 1.165) is 34.6 Å². The highest BCUT2D eigenvalue weighted by Crippen LogP contribution is 2.19. The Hall–Kier alpha value is -3.05. The number of aryl methyl sites for hydroxylation is 1. The molecule has 0 aliphatic heterocycles. The maximum atomic E-state index is 12.2. The Morgan fingerprint density at radius 1 is 1.06 bits per heavy atom. The minimum absolute atomic E-state index is 0.123. The molecule has 0 bridgehead atoms. The van der Waals surface area contributed by atoms with E-state index in [-0.39, 0.29) is 12.2 Å². The van der Waals surface area contributed by atoms with Crippen molar-refractivity contribution in [1.29, 1.82) is 10.8 Å². The lowest BCUT2D eigenvalue weighted by Crippen LogP contribution is -2.18. The second-order valence-electron chi connectivity index (χ2n) is 8.02. The highest BCUT2D eigenvalue weighted by molar-refractivity contribution is 6.00. The summed E-state index contributed by atoms with van der Waals surface area (Å²) in [6, 6.07) is 16.0. The average Bonchev–Trinajstić information content (AvgIpc) is 2.75. The van der Waals surface area contributed by atoms with Gasteiger partial charge in [0.1, 0.15) is 18.1 Å². The maximum absolute atomic E-state index is 12.2. The highest BCUT2D eigenvalue weighted by Gasteiger charge is 2.08. The Labute approximate surface area is 185 Å². The smallest absolute Gasteiger partial charge is 0.138 e. The van der Waals surface area contributed by atoms with Gasteiger partial charge in [-0.15, -0.1) is 0 Å². The predicted octanol–water partition coefficient (Wildman–Crippen LogP) is 5.18. The van der Waals surface area contributed by atoms with Gasteiger partial charge in [-0.2, -0.15) is 0 Å². The molecule has 2 N–H and O–H groups in total. The highest BCUT2D eigenvalue weighted by atomic mass is 16.5. The minimum Gasteiger partial charge on any atom is -0.489 e. The van der Waals surface area contributed by atoms with E-state index in [1.54, 1.807) is 6.08 Å². The van der Waals surface area contributed by atoms with Crippen LogP contribution in [-0.2, 0) is 17.8 Å². The summed E-state index contributed by atoms with van der Waals surface area (Å²) in [4.78, 5) is 14.2. The van der Waals surface area contributed by atoms with Gasteiger partial charge in [0, 0.05) is 31.3 Å². The van der Waals surface area contributed by atoms with Gasteiger partial charge >= 0.3 is 0 Å². The molecule has 2 aromatic carbocycles. The third kappa shape index (κ3) is 9.09. The van der Waals surface area contributed by atoms with E-state index in [1.807, 2.05) is 68.4 Å². The molecule has 2 aromatic rings. The number of carbonyl (C=O) groups excluding carboxylic acids is 1. The molecule has 0 unspecified atom stereocenters. The topological polar surface area (TPSA) is 77.2 Å². The first-order chi connectivity index (χ1) is 14.9. The van der Waals surface area contributed by atoms with Crippen molar-refractivity contribution in [3.05, 3.63) is 71.3 Å². The van der Waals surface area contributed by atoms with Crippen molar-refractivity contribution in [2.45, 2.75) is 39.2 Å². The molecule has 5 heteroatoms. The molecule has 0 saturated heterocycles. The van der Waals surface area contributed by atoms with Gasteiger partial charge in [-0.3, -0.25) is 4.79 Å². The van der Waals surface area contributed by atoms with Crippen LogP contribution in [0, 0.1) is 10.8 Å². The molecule has 0 heterocycles. The zero-order valence-corrected chi connectivity index (χ0v) is 18.8. The summed E-state index contributed by atoms with van der Waals surface area (Å²) >= 11 is 0. The van der Waals surface area contributed by atoms with Gasteiger partial charge in [-0.1, -0.05) is 36.4 Å². The first-order valence-corrected chi connectivity index (χ1v) is 10.6. The molecular weight excluding hydrogens is 386 g/mol. The Balaban J connectivity index is 1.82. The first kappa shape index (κ1) is 24.2. The van der Waals surface area contributed by atoms with Crippen molar-refractivity contribution >= 4 is 23.3 Å². The van der Waals surface area contributed by atoms with E-state index in [9.17, 15) is 4.79 Å². The number of benzene rings is 2. The van der Waals surface area contributed by atoms with Crippen LogP contribution in [0.15, 0.2) is 54.6 Å². The third-order valence-electron chi connectivity index (χ3n) is 5.00. The SMILES string of the molecule is C/C(=C\C=N)c1ccc(OCc2cccc(CCC(=O)CC(=N)CCN(C)C)c2)cc1. The van der Waals surface area contributed by atoms with Crippen molar-refractivity contribution in [2.24, 2.45) is 0 Å². The van der Waals surface area contributed by atoms with Crippen LogP contribution in [0.5, 0.6) is 5.75 Å². The zero-order chi connectivity index (χ0) is 22.6. The van der Waals surface area contributed by atoms with Crippen LogP contribution in [0.25, 0.3) is 5.57 Å². The van der Waals surface area contributed by atoms with E-state index in [1.165, 1.54) is 6.21 Å². The number of ether oxygens (including phenoxy) is 1. The van der Waals surface area contributed by atoms with Crippen LogP contribution in [-0.4, -0.2) is 43.2 Å². The van der Waals surface area contributed by atoms with Crippen molar-refractivity contribution < 1.29 is 9.53 Å². The largest absolute Gasteiger partial charge is 0.489 e. The van der Waals surface area contributed by atoms with E-state index < -0.39 is 0 Å². The van der Waals surface area contributed by atoms with E-state index in [4.69, 9.17) is 15.6 Å². The van der Waals surface area contributed by atoms with Crippen molar-refractivity contribution in [3.8, 4) is 5.75 Å². The Morgan fingerprint density at radius 3 is 2.45 bits per heavy atom. The number of allylic oxidation sites excluding steroid dienone is 2. The van der Waals surface area contributed by atoms with Gasteiger partial charge in [-0.05, 0) is 74.3 Å². The molecule has 0 aliphatic rings. The molecule has 5 nitrogen and oxygen atoms in total. The summed E-state index contributed by atoms with van der Waals surface area (Å²) in [7, 11) is 3.94. The van der Waals surface area contributed by atoms with Gasteiger partial charge in [0.05, 0.1) is 0 Å². The fourth-order valence-corrected chi connectivity index (χ4v) is 3.13. The molecule has 0 fully saturated rings. The van der Waals surface area contributed by atoms with E-state index >= 15 is 0 Å². The average molecular weight is 420 g/mol. The van der Waals surface area contributed by atoms with Crippen molar-refractivity contribution in [3.63, 3.8) is 0 Å². The van der Waals surface area contributed by atoms with Crippen molar-refractivity contribution in [2.75, 3.05) is 20.6 Å². The van der Waals surface area contributed by atoms with Gasteiger partial charge in [0.15, 0.2) is 0 Å². The van der Waals surface area contributed by atoms with Crippen LogP contribution >= 0.6 is 0 Å². The first-order valence-electron chi connectivity index (χ1n) is 10.6. The van der Waals surface area contributed by atoms with E-state index in [2.05, 4.69) is 6.07 Å². The summed E-state index contributed by atoms with van der Waals surface area (Å²) in [6.07, 6.45) is 5.08. The third-order valence-corrected chi connectivity index (χ3v) is 5.00. The fraction of sp³-hybridized carbons (Fsp3) is 0.346. The van der Waals surface area contributed by atoms with Crippen LogP contribution in [0.3, 0.4) is 0 Å². The lowest BCUT2D eigenvalue weighted by Gasteiger charge is -2.10. The van der Waals surface area contributed by atoms with Gasteiger partial charge in [0.2, 0.25) is 0 Å². The number of Topliss-reactive ketones (excluding diaryl/α,β-unsaturated/α-hetero) is 1. The lowest BCUT2D eigenvalue weighted by molar-refractivity contribution is -0.117. The molecule has 0 saturated carbocycles. The van der Waals surface area contributed by atoms with Crippen LogP contribution in [0.4, 0.5) is 0 Å². The normalized spacial score (nSPS) is 11.4. The number of nitrogens with zero attached hydrogens (tertiary/aromatic N) is 1. The van der Waals surface area contributed by atoms with Crippen molar-refractivity contribution in [1.82, 2.24) is 4.90 Å². The Morgan fingerprint density at radius 2 is 1.77 bits per heavy atom. The van der Waals surface area contributed by atoms with Gasteiger partial charge < -0.3 is 20.5 Å². The van der Waals surface area contributed by atoms with Crippen LogP contribution in [0.2, 0.25) is 0 Å². The number of ketones is 1. The number of rotatable bonds is 13. The Kier molecular flexibility index (Phi) is 9.85. The zero-order valence-electron chi connectivity index (χ0n) is 18.8. The molecule has 0 radical (unpaired) electrons. The summed E-state index contributed by atoms with van der Waals surface area (Å²) in [6.45, 7) is 3.24. The molecule has 0 aromatic heterocycles. The molecular formula is C26H33N3O2. The molecule has 0 amide bonds. The number of carbonyl (C=O) groups is 1. The second kappa shape index (κ2) is 12.6. The molecule has 0 spiro atoms. The number of hydrogen-bond acceptors (Lipinski definition) is 5. The molecule has 0 aliphatic carbocycles. The monoisotopic (exact) mass is 419 g/mol. The number of hydrogen-bond donors (Lipinski definition) is 2. The number of nitrogens with one attached hydrogen (secondary N) is 2. The molecule has 31 heavy (non-hydrogen) atoms. The lowest BCUT2D eigenvalue weighted by atomic mass is 10.0. The summed E-state index contributed by atoms with van der Waals surface area (Å²) in [5, 5.41) is 15.1. The second-order valence-corrected chi connectivity index (χ2v) is 8.02. The quantitative estimate of drug-likeness (QED) is 0.439. The van der Waals surface area contributed by atoms with Gasteiger partial charge in [-0.25, -0.2) is 0 Å². The summed E-state index contributed by atoms with van der Waals surface area (Å²) < 4.78 is 5.90.